The maximum absolute atomic E-state index is 13.9. The maximum Gasteiger partial charge on any atom is 0.305 e. The van der Waals surface area contributed by atoms with E-state index in [9.17, 15) is 14.4 Å². The molecular formula is C56H110N2O5. The van der Waals surface area contributed by atoms with Gasteiger partial charge in [-0.15, -0.1) is 0 Å². The second-order valence-electron chi connectivity index (χ2n) is 20.0. The Kier molecular flexibility index (Phi) is 45.7. The van der Waals surface area contributed by atoms with Crippen molar-refractivity contribution < 1.29 is 23.9 Å². The second-order valence-corrected chi connectivity index (χ2v) is 20.0. The highest BCUT2D eigenvalue weighted by molar-refractivity contribution is 5.76. The molecule has 374 valence electrons. The Labute approximate surface area is 393 Å². The van der Waals surface area contributed by atoms with E-state index in [1.54, 1.807) is 0 Å². The van der Waals surface area contributed by atoms with Crippen molar-refractivity contribution in [2.75, 3.05) is 40.4 Å². The fourth-order valence-electron chi connectivity index (χ4n) is 9.15. The van der Waals surface area contributed by atoms with Gasteiger partial charge in [0, 0.05) is 31.8 Å². The van der Waals surface area contributed by atoms with E-state index in [0.29, 0.717) is 56.3 Å². The molecule has 0 N–H and O–H groups in total. The Balaban J connectivity index is 4.95. The van der Waals surface area contributed by atoms with Gasteiger partial charge in [-0.05, 0) is 96.7 Å². The molecular weight excluding hydrogens is 781 g/mol. The summed E-state index contributed by atoms with van der Waals surface area (Å²) in [6.07, 6.45) is 44.1. The van der Waals surface area contributed by atoms with Crippen molar-refractivity contribution in [3.8, 4) is 0 Å². The fourth-order valence-corrected chi connectivity index (χ4v) is 9.15. The van der Waals surface area contributed by atoms with Crippen molar-refractivity contribution in [2.24, 2.45) is 11.8 Å². The molecule has 0 saturated heterocycles. The van der Waals surface area contributed by atoms with Gasteiger partial charge in [-0.3, -0.25) is 14.4 Å². The fraction of sp³-hybridized carbons (Fsp3) is 0.946. The smallest absolute Gasteiger partial charge is 0.305 e. The normalized spacial score (nSPS) is 13.0. The molecule has 63 heavy (non-hydrogen) atoms. The molecule has 0 bridgehead atoms. The molecule has 1 amide bonds. The van der Waals surface area contributed by atoms with Crippen LogP contribution in [0.2, 0.25) is 0 Å². The summed E-state index contributed by atoms with van der Waals surface area (Å²) in [6, 6.07) is 0.320. The molecule has 0 aliphatic carbocycles. The zero-order chi connectivity index (χ0) is 46.4. The van der Waals surface area contributed by atoms with Gasteiger partial charge in [0.05, 0.1) is 13.2 Å². The van der Waals surface area contributed by atoms with Crippen molar-refractivity contribution in [1.82, 2.24) is 9.80 Å². The van der Waals surface area contributed by atoms with Crippen molar-refractivity contribution in [3.63, 3.8) is 0 Å². The number of ether oxygens (including phenoxy) is 2. The van der Waals surface area contributed by atoms with Crippen LogP contribution in [0.1, 0.15) is 285 Å². The van der Waals surface area contributed by atoms with E-state index in [-0.39, 0.29) is 11.9 Å². The number of nitrogens with zero attached hydrogens (tertiary/aromatic N) is 2. The SMILES string of the molecule is CCCCCCCCC(=O)N(CCCN(C)C)C(CCCCCCCCC(=O)OCC(CCCC)CCCCC)CCCCCCCCC(=O)OCC(CCCC)CCCCCC. The lowest BCUT2D eigenvalue weighted by Gasteiger charge is -2.33. The largest absolute Gasteiger partial charge is 0.465 e. The van der Waals surface area contributed by atoms with Crippen molar-refractivity contribution in [2.45, 2.75) is 291 Å². The van der Waals surface area contributed by atoms with Gasteiger partial charge in [-0.1, -0.05) is 202 Å². The minimum atomic E-state index is -0.00983. The number of unbranched alkanes of at least 4 members (excludes halogenated alkanes) is 22. The Bertz CT molecular complexity index is 1000. The number of amides is 1. The third-order valence-corrected chi connectivity index (χ3v) is 13.4. The number of carbonyl (C=O) groups is 3. The summed E-state index contributed by atoms with van der Waals surface area (Å²) in [7, 11) is 4.26. The van der Waals surface area contributed by atoms with Gasteiger partial charge < -0.3 is 19.3 Å². The second kappa shape index (κ2) is 46.9. The summed E-state index contributed by atoms with van der Waals surface area (Å²) in [5.74, 6) is 1.40. The molecule has 0 rings (SSSR count). The van der Waals surface area contributed by atoms with E-state index in [1.165, 1.54) is 148 Å². The standard InChI is InChI=1S/C56H110N2O5/c1-8-13-18-20-27-34-44-54(59)58(48-37-47-57(6)7)53(42-32-25-21-23-28-35-45-55(60)62-49-51(38-16-11-4)40-30-15-10-3)43-33-26-22-24-29-36-46-56(61)63-50-52(39-17-12-5)41-31-19-14-9-2/h51-53H,8-50H2,1-7H3. The first-order chi connectivity index (χ1) is 30.7. The third kappa shape index (κ3) is 40.4. The molecule has 7 heteroatoms. The zero-order valence-electron chi connectivity index (χ0n) is 43.6. The predicted molar refractivity (Wildman–Crippen MR) is 271 cm³/mol. The van der Waals surface area contributed by atoms with E-state index in [1.807, 2.05) is 0 Å². The minimum Gasteiger partial charge on any atom is -0.465 e. The van der Waals surface area contributed by atoms with Crippen molar-refractivity contribution >= 4 is 17.8 Å². The Hall–Kier alpha value is -1.63. The predicted octanol–water partition coefficient (Wildman–Crippen LogP) is 16.4. The summed E-state index contributed by atoms with van der Waals surface area (Å²) in [6.45, 7) is 14.3. The lowest BCUT2D eigenvalue weighted by atomic mass is 9.96. The molecule has 0 aromatic rings. The molecule has 0 fully saturated rings. The molecule has 0 aromatic carbocycles. The van der Waals surface area contributed by atoms with Crippen LogP contribution in [0.25, 0.3) is 0 Å². The van der Waals surface area contributed by atoms with E-state index in [2.05, 4.69) is 58.5 Å². The summed E-state index contributed by atoms with van der Waals surface area (Å²) < 4.78 is 11.5. The first-order valence-electron chi connectivity index (χ1n) is 28.0. The molecule has 7 nitrogen and oxygen atoms in total. The monoisotopic (exact) mass is 891 g/mol. The Morgan fingerprint density at radius 3 is 1.14 bits per heavy atom. The molecule has 0 aromatic heterocycles. The maximum atomic E-state index is 13.9. The Morgan fingerprint density at radius 2 is 0.698 bits per heavy atom. The lowest BCUT2D eigenvalue weighted by Crippen LogP contribution is -2.41. The van der Waals surface area contributed by atoms with Gasteiger partial charge in [-0.25, -0.2) is 0 Å². The first kappa shape index (κ1) is 61.4. The molecule has 0 radical (unpaired) electrons. The molecule has 0 heterocycles. The van der Waals surface area contributed by atoms with Crippen LogP contribution >= 0.6 is 0 Å². The summed E-state index contributed by atoms with van der Waals surface area (Å²) in [4.78, 5) is 43.6. The van der Waals surface area contributed by atoms with Crippen LogP contribution in [0.5, 0.6) is 0 Å². The molecule has 0 spiro atoms. The highest BCUT2D eigenvalue weighted by Crippen LogP contribution is 2.23. The van der Waals surface area contributed by atoms with Crippen LogP contribution in [-0.2, 0) is 23.9 Å². The van der Waals surface area contributed by atoms with Crippen LogP contribution in [-0.4, -0.2) is 74.1 Å². The molecule has 0 aliphatic heterocycles. The number of esters is 2. The molecule has 0 saturated carbocycles. The van der Waals surface area contributed by atoms with Crippen molar-refractivity contribution in [3.05, 3.63) is 0 Å². The highest BCUT2D eigenvalue weighted by atomic mass is 16.5. The van der Waals surface area contributed by atoms with E-state index in [4.69, 9.17) is 9.47 Å². The van der Waals surface area contributed by atoms with Crippen LogP contribution in [0.3, 0.4) is 0 Å². The summed E-state index contributed by atoms with van der Waals surface area (Å²) in [5, 5.41) is 0. The lowest BCUT2D eigenvalue weighted by molar-refractivity contribution is -0.146. The van der Waals surface area contributed by atoms with E-state index in [0.717, 1.165) is 96.6 Å². The quantitative estimate of drug-likeness (QED) is 0.0447. The average molecular weight is 892 g/mol. The van der Waals surface area contributed by atoms with Crippen LogP contribution in [0.15, 0.2) is 0 Å². The zero-order valence-corrected chi connectivity index (χ0v) is 43.6. The topological polar surface area (TPSA) is 76.2 Å². The molecule has 0 aliphatic rings. The van der Waals surface area contributed by atoms with Gasteiger partial charge in [-0.2, -0.15) is 0 Å². The number of hydrogen-bond donors (Lipinski definition) is 0. The van der Waals surface area contributed by atoms with Gasteiger partial charge in [0.2, 0.25) is 5.91 Å². The van der Waals surface area contributed by atoms with E-state index >= 15 is 0 Å². The highest BCUT2D eigenvalue weighted by Gasteiger charge is 2.23. The van der Waals surface area contributed by atoms with Gasteiger partial charge in [0.15, 0.2) is 0 Å². The number of hydrogen-bond acceptors (Lipinski definition) is 6. The number of rotatable bonds is 49. The van der Waals surface area contributed by atoms with Crippen molar-refractivity contribution in [1.29, 1.82) is 0 Å². The number of carbonyl (C=O) groups excluding carboxylic acids is 3. The first-order valence-corrected chi connectivity index (χ1v) is 28.0. The van der Waals surface area contributed by atoms with E-state index < -0.39 is 0 Å². The van der Waals surface area contributed by atoms with Crippen LogP contribution in [0, 0.1) is 11.8 Å². The molecule has 3 unspecified atom stereocenters. The Morgan fingerprint density at radius 1 is 0.365 bits per heavy atom. The third-order valence-electron chi connectivity index (χ3n) is 13.4. The van der Waals surface area contributed by atoms with Gasteiger partial charge in [0.25, 0.3) is 0 Å². The average Bonchev–Trinajstić information content (AvgIpc) is 3.27. The summed E-state index contributed by atoms with van der Waals surface area (Å²) >= 11 is 0. The minimum absolute atomic E-state index is 0.00725. The van der Waals surface area contributed by atoms with Gasteiger partial charge >= 0.3 is 11.9 Å². The van der Waals surface area contributed by atoms with Gasteiger partial charge in [0.1, 0.15) is 0 Å². The summed E-state index contributed by atoms with van der Waals surface area (Å²) in [5.41, 5.74) is 0. The van der Waals surface area contributed by atoms with Crippen LogP contribution < -0.4 is 0 Å². The van der Waals surface area contributed by atoms with Crippen LogP contribution in [0.4, 0.5) is 0 Å². The molecule has 3 atom stereocenters.